The molecule has 0 spiro atoms. The molecule has 1 N–H and O–H groups in total. The van der Waals surface area contributed by atoms with Crippen LogP contribution in [0.1, 0.15) is 43.5 Å². The summed E-state index contributed by atoms with van der Waals surface area (Å²) in [6.07, 6.45) is 4.18. The van der Waals surface area contributed by atoms with Crippen LogP contribution in [-0.2, 0) is 11.3 Å². The van der Waals surface area contributed by atoms with E-state index in [4.69, 9.17) is 5.26 Å². The summed E-state index contributed by atoms with van der Waals surface area (Å²) in [5.74, 6) is -0.679. The van der Waals surface area contributed by atoms with Gasteiger partial charge in [0, 0.05) is 0 Å². The molecular weight excluding hydrogens is 231 g/mol. The van der Waals surface area contributed by atoms with Crippen LogP contribution in [0.2, 0.25) is 0 Å². The molecule has 16 heavy (non-hydrogen) atoms. The molecule has 1 rings (SSSR count). The Bertz CT molecular complexity index is 331. The van der Waals surface area contributed by atoms with Crippen molar-refractivity contribution in [1.29, 1.82) is 0 Å². The van der Waals surface area contributed by atoms with Gasteiger partial charge in [0.2, 0.25) is 0 Å². The molecule has 84 valence electrons. The Hall–Kier alpha value is 0.286. The average molecular weight is 248 g/mol. The van der Waals surface area contributed by atoms with Crippen molar-refractivity contribution in [2.24, 2.45) is 0 Å². The van der Waals surface area contributed by atoms with Crippen molar-refractivity contribution < 1.29 is 67.8 Å². The summed E-state index contributed by atoms with van der Waals surface area (Å²) in [4.78, 5) is 14.9. The summed E-state index contributed by atoms with van der Waals surface area (Å²) in [5, 5.41) is 8.33. The van der Waals surface area contributed by atoms with E-state index < -0.39 is 5.97 Å². The molecule has 0 aliphatic carbocycles. The molecule has 3 nitrogen and oxygen atoms in total. The van der Waals surface area contributed by atoms with Gasteiger partial charge in [-0.05, 0) is 24.5 Å². The van der Waals surface area contributed by atoms with E-state index >= 15 is 0 Å². The van der Waals surface area contributed by atoms with Gasteiger partial charge in [0.05, 0.1) is 5.56 Å². The van der Waals surface area contributed by atoms with Crippen molar-refractivity contribution >= 4 is 5.97 Å². The number of unbranched alkanes of at least 4 members (excludes halogenated alkanes) is 2. The summed E-state index contributed by atoms with van der Waals surface area (Å²) >= 11 is 0. The van der Waals surface area contributed by atoms with Crippen molar-refractivity contribution in [3.05, 3.63) is 35.4 Å². The zero-order chi connectivity index (χ0) is 11.1. The molecule has 0 aliphatic rings. The second-order valence-corrected chi connectivity index (χ2v) is 3.49. The van der Waals surface area contributed by atoms with Crippen molar-refractivity contribution in [2.75, 3.05) is 0 Å². The molecule has 4 heteroatoms. The first-order valence-corrected chi connectivity index (χ1v) is 5.23. The molecular formula is C12H17KO3. The summed E-state index contributed by atoms with van der Waals surface area (Å²) in [5.41, 5.74) is 1.39. The molecule has 0 saturated heterocycles. The van der Waals surface area contributed by atoms with E-state index in [0.29, 0.717) is 5.56 Å². The molecule has 0 aliphatic heterocycles. The van der Waals surface area contributed by atoms with Gasteiger partial charge in [-0.25, -0.2) is 4.79 Å². The molecule has 0 saturated carbocycles. The smallest absolute Gasteiger partial charge is 1.00 e. The normalized spacial score (nSPS) is 9.38. The summed E-state index contributed by atoms with van der Waals surface area (Å²) < 4.78 is 0. The third-order valence-electron chi connectivity index (χ3n) is 2.37. The molecule has 0 radical (unpaired) electrons. The van der Waals surface area contributed by atoms with Crippen molar-refractivity contribution in [1.82, 2.24) is 0 Å². The number of aryl methyl sites for hydroxylation is 1. The first kappa shape index (κ1) is 16.3. The Morgan fingerprint density at radius 3 is 2.69 bits per heavy atom. The molecule has 0 aromatic heterocycles. The van der Waals surface area contributed by atoms with Gasteiger partial charge in [-0.2, -0.15) is 5.26 Å². The number of carbonyl (C=O) groups excluding carboxylic acids is 1. The van der Waals surface area contributed by atoms with Crippen LogP contribution in [0.5, 0.6) is 0 Å². The minimum Gasteiger partial charge on any atom is -1.00 e. The summed E-state index contributed by atoms with van der Waals surface area (Å²) in [6.45, 7) is 2.13. The Kier molecular flexibility index (Phi) is 9.50. The van der Waals surface area contributed by atoms with Gasteiger partial charge in [-0.1, -0.05) is 38.0 Å². The van der Waals surface area contributed by atoms with Gasteiger partial charge in [0.1, 0.15) is 0 Å². The first-order chi connectivity index (χ1) is 7.29. The Labute approximate surface area is 140 Å². The monoisotopic (exact) mass is 248 g/mol. The number of hydrogen-bond donors (Lipinski definition) is 1. The fourth-order valence-corrected chi connectivity index (χ4v) is 1.55. The number of rotatable bonds is 5. The third-order valence-corrected chi connectivity index (χ3v) is 2.37. The van der Waals surface area contributed by atoms with Crippen molar-refractivity contribution in [2.45, 2.75) is 32.6 Å². The van der Waals surface area contributed by atoms with Gasteiger partial charge >= 0.3 is 57.4 Å². The second kappa shape index (κ2) is 9.33. The van der Waals surface area contributed by atoms with Crippen LogP contribution in [0, 0.1) is 0 Å². The quantitative estimate of drug-likeness (QED) is 0.350. The number of carbonyl (C=O) groups is 1. The standard InChI is InChI=1S/C12H16O3.K.H/c1-2-3-4-7-10-8-5-6-9-11(10)12(13)15-14;;/h5-6,8-9,14H,2-4,7H2,1H3;;/q;+1;-1. The van der Waals surface area contributed by atoms with Crippen LogP contribution in [0.3, 0.4) is 0 Å². The van der Waals surface area contributed by atoms with Crippen LogP contribution in [0.4, 0.5) is 0 Å². The van der Waals surface area contributed by atoms with Crippen LogP contribution in [0.15, 0.2) is 24.3 Å². The summed E-state index contributed by atoms with van der Waals surface area (Å²) in [6, 6.07) is 7.20. The molecule has 0 atom stereocenters. The minimum atomic E-state index is -0.679. The first-order valence-electron chi connectivity index (χ1n) is 5.23. The van der Waals surface area contributed by atoms with E-state index in [-0.39, 0.29) is 52.8 Å². The van der Waals surface area contributed by atoms with Gasteiger partial charge in [-0.3, -0.25) is 4.89 Å². The van der Waals surface area contributed by atoms with Gasteiger partial charge < -0.3 is 1.43 Å². The molecule has 1 aromatic rings. The van der Waals surface area contributed by atoms with Gasteiger partial charge in [0.25, 0.3) is 0 Å². The zero-order valence-electron chi connectivity index (χ0n) is 10.9. The maximum absolute atomic E-state index is 11.2. The topological polar surface area (TPSA) is 46.5 Å². The maximum atomic E-state index is 11.2. The minimum absolute atomic E-state index is 0. The predicted molar refractivity (Wildman–Crippen MR) is 58.8 cm³/mol. The van der Waals surface area contributed by atoms with E-state index in [9.17, 15) is 4.79 Å². The third kappa shape index (κ3) is 5.08. The summed E-state index contributed by atoms with van der Waals surface area (Å²) in [7, 11) is 0. The zero-order valence-corrected chi connectivity index (χ0v) is 13.0. The average Bonchev–Trinajstić information content (AvgIpc) is 2.29. The van der Waals surface area contributed by atoms with Crippen molar-refractivity contribution in [3.63, 3.8) is 0 Å². The second-order valence-electron chi connectivity index (χ2n) is 3.49. The van der Waals surface area contributed by atoms with Gasteiger partial charge in [0.15, 0.2) is 0 Å². The van der Waals surface area contributed by atoms with Gasteiger partial charge in [-0.15, -0.1) is 0 Å². The Morgan fingerprint density at radius 1 is 1.38 bits per heavy atom. The number of hydrogen-bond acceptors (Lipinski definition) is 3. The van der Waals surface area contributed by atoms with Crippen molar-refractivity contribution in [3.8, 4) is 0 Å². The van der Waals surface area contributed by atoms with E-state index in [2.05, 4.69) is 11.8 Å². The Balaban J connectivity index is 0. The molecule has 0 amide bonds. The fraction of sp³-hybridized carbons (Fsp3) is 0.417. The van der Waals surface area contributed by atoms with Crippen LogP contribution in [0.25, 0.3) is 0 Å². The number of benzene rings is 1. The largest absolute Gasteiger partial charge is 1.00 e. The molecule has 0 unspecified atom stereocenters. The molecule has 0 bridgehead atoms. The van der Waals surface area contributed by atoms with E-state index in [1.807, 2.05) is 12.1 Å². The van der Waals surface area contributed by atoms with E-state index in [1.165, 1.54) is 0 Å². The Morgan fingerprint density at radius 2 is 2.06 bits per heavy atom. The SMILES string of the molecule is CCCCCc1ccccc1C(=O)OO.[H-].[K+]. The maximum Gasteiger partial charge on any atom is 1.00 e. The predicted octanol–water partition coefficient (Wildman–Crippen LogP) is 0.166. The van der Waals surface area contributed by atoms with E-state index in [1.54, 1.807) is 12.1 Å². The molecule has 0 heterocycles. The van der Waals surface area contributed by atoms with Crippen LogP contribution in [-0.4, -0.2) is 11.2 Å². The fourth-order valence-electron chi connectivity index (χ4n) is 1.55. The van der Waals surface area contributed by atoms with Crippen LogP contribution < -0.4 is 51.4 Å². The van der Waals surface area contributed by atoms with Crippen LogP contribution >= 0.6 is 0 Å². The molecule has 0 fully saturated rings. The van der Waals surface area contributed by atoms with E-state index in [0.717, 1.165) is 31.2 Å². The molecule has 1 aromatic carbocycles.